The molecular formula is C13H18N2O4S. The summed E-state index contributed by atoms with van der Waals surface area (Å²) in [5, 5.41) is 7.93. The Kier molecular flexibility index (Phi) is 4.01. The lowest BCUT2D eigenvalue weighted by Crippen LogP contribution is -2.27. The SMILES string of the molecule is CCOc1ccc(S(N)(=O)=O)cc1C(=O)NC1CC1C. The Morgan fingerprint density at radius 3 is 2.65 bits per heavy atom. The van der Waals surface area contributed by atoms with Crippen molar-refractivity contribution in [3.05, 3.63) is 23.8 Å². The van der Waals surface area contributed by atoms with Crippen molar-refractivity contribution in [3.63, 3.8) is 0 Å². The predicted octanol–water partition coefficient (Wildman–Crippen LogP) is 0.871. The molecule has 3 N–H and O–H groups in total. The van der Waals surface area contributed by atoms with Crippen LogP contribution in [0.25, 0.3) is 0 Å². The molecule has 0 bridgehead atoms. The van der Waals surface area contributed by atoms with Crippen LogP contribution in [0.2, 0.25) is 0 Å². The molecule has 0 saturated heterocycles. The average Bonchev–Trinajstić information content (AvgIpc) is 3.04. The van der Waals surface area contributed by atoms with Gasteiger partial charge >= 0.3 is 0 Å². The summed E-state index contributed by atoms with van der Waals surface area (Å²) in [5.74, 6) is 0.468. The van der Waals surface area contributed by atoms with Crippen molar-refractivity contribution in [1.29, 1.82) is 0 Å². The summed E-state index contributed by atoms with van der Waals surface area (Å²) >= 11 is 0. The minimum atomic E-state index is -3.85. The fraction of sp³-hybridized carbons (Fsp3) is 0.462. The number of hydrogen-bond donors (Lipinski definition) is 2. The minimum Gasteiger partial charge on any atom is -0.493 e. The van der Waals surface area contributed by atoms with E-state index in [0.717, 1.165) is 6.42 Å². The van der Waals surface area contributed by atoms with Gasteiger partial charge < -0.3 is 10.1 Å². The number of ether oxygens (including phenoxy) is 1. The van der Waals surface area contributed by atoms with Gasteiger partial charge in [-0.2, -0.15) is 0 Å². The first-order chi connectivity index (χ1) is 9.32. The van der Waals surface area contributed by atoms with Gasteiger partial charge in [0.05, 0.1) is 17.1 Å². The monoisotopic (exact) mass is 298 g/mol. The molecule has 2 rings (SSSR count). The number of hydrogen-bond acceptors (Lipinski definition) is 4. The number of nitrogens with two attached hydrogens (primary N) is 1. The summed E-state index contributed by atoms with van der Waals surface area (Å²) in [6, 6.07) is 4.18. The summed E-state index contributed by atoms with van der Waals surface area (Å²) in [7, 11) is -3.85. The van der Waals surface area contributed by atoms with Gasteiger partial charge in [-0.3, -0.25) is 4.79 Å². The molecule has 0 radical (unpaired) electrons. The van der Waals surface area contributed by atoms with Gasteiger partial charge in [-0.15, -0.1) is 0 Å². The molecule has 1 aromatic carbocycles. The van der Waals surface area contributed by atoms with E-state index in [-0.39, 0.29) is 22.4 Å². The number of nitrogens with one attached hydrogen (secondary N) is 1. The molecule has 0 spiro atoms. The average molecular weight is 298 g/mol. The smallest absolute Gasteiger partial charge is 0.255 e. The first kappa shape index (κ1) is 14.8. The number of sulfonamides is 1. The molecule has 1 saturated carbocycles. The Morgan fingerprint density at radius 2 is 2.15 bits per heavy atom. The van der Waals surface area contributed by atoms with Crippen molar-refractivity contribution in [2.45, 2.75) is 31.2 Å². The highest BCUT2D eigenvalue weighted by atomic mass is 32.2. The zero-order valence-electron chi connectivity index (χ0n) is 11.4. The number of primary sulfonamides is 1. The minimum absolute atomic E-state index is 0.102. The van der Waals surface area contributed by atoms with Crippen LogP contribution in [-0.2, 0) is 10.0 Å². The van der Waals surface area contributed by atoms with Crippen LogP contribution in [0, 0.1) is 5.92 Å². The van der Waals surface area contributed by atoms with Crippen LogP contribution >= 0.6 is 0 Å². The van der Waals surface area contributed by atoms with E-state index in [0.29, 0.717) is 18.3 Å². The van der Waals surface area contributed by atoms with Crippen LogP contribution in [0.1, 0.15) is 30.6 Å². The van der Waals surface area contributed by atoms with Crippen molar-refractivity contribution in [3.8, 4) is 5.75 Å². The van der Waals surface area contributed by atoms with Crippen LogP contribution in [0.5, 0.6) is 5.75 Å². The van der Waals surface area contributed by atoms with E-state index >= 15 is 0 Å². The third-order valence-corrected chi connectivity index (χ3v) is 4.16. The summed E-state index contributed by atoms with van der Waals surface area (Å²) in [4.78, 5) is 12.1. The third-order valence-electron chi connectivity index (χ3n) is 3.25. The van der Waals surface area contributed by atoms with E-state index in [1.807, 2.05) is 6.92 Å². The molecule has 0 heterocycles. The molecule has 2 unspecified atom stereocenters. The van der Waals surface area contributed by atoms with Gasteiger partial charge in [0.25, 0.3) is 5.91 Å². The number of benzene rings is 1. The van der Waals surface area contributed by atoms with Crippen molar-refractivity contribution in [2.75, 3.05) is 6.61 Å². The van der Waals surface area contributed by atoms with Crippen LogP contribution < -0.4 is 15.2 Å². The highest BCUT2D eigenvalue weighted by Crippen LogP contribution is 2.30. The fourth-order valence-electron chi connectivity index (χ4n) is 1.91. The number of amides is 1. The summed E-state index contributed by atoms with van der Waals surface area (Å²) < 4.78 is 28.1. The van der Waals surface area contributed by atoms with E-state index in [4.69, 9.17) is 9.88 Å². The molecule has 110 valence electrons. The summed E-state index contributed by atoms with van der Waals surface area (Å²) in [6.45, 7) is 4.21. The van der Waals surface area contributed by atoms with E-state index in [1.54, 1.807) is 6.92 Å². The van der Waals surface area contributed by atoms with Gasteiger partial charge in [0.15, 0.2) is 0 Å². The summed E-state index contributed by atoms with van der Waals surface area (Å²) in [5.41, 5.74) is 0.192. The van der Waals surface area contributed by atoms with Gasteiger partial charge in [0.1, 0.15) is 5.75 Å². The lowest BCUT2D eigenvalue weighted by atomic mass is 10.2. The molecule has 0 aliphatic heterocycles. The van der Waals surface area contributed by atoms with Gasteiger partial charge in [0.2, 0.25) is 10.0 Å². The lowest BCUT2D eigenvalue weighted by molar-refractivity contribution is 0.0945. The quantitative estimate of drug-likeness (QED) is 0.842. The number of carbonyl (C=O) groups is 1. The Bertz CT molecular complexity index is 627. The maximum Gasteiger partial charge on any atom is 0.255 e. The third kappa shape index (κ3) is 3.29. The second-order valence-electron chi connectivity index (χ2n) is 4.93. The molecule has 6 nitrogen and oxygen atoms in total. The Balaban J connectivity index is 2.33. The maximum absolute atomic E-state index is 12.2. The molecule has 20 heavy (non-hydrogen) atoms. The molecule has 1 aromatic rings. The lowest BCUT2D eigenvalue weighted by Gasteiger charge is -2.11. The first-order valence-electron chi connectivity index (χ1n) is 6.43. The van der Waals surface area contributed by atoms with Crippen LogP contribution in [0.15, 0.2) is 23.1 Å². The summed E-state index contributed by atoms with van der Waals surface area (Å²) in [6.07, 6.45) is 0.935. The van der Waals surface area contributed by atoms with E-state index in [2.05, 4.69) is 5.32 Å². The molecule has 1 aliphatic carbocycles. The van der Waals surface area contributed by atoms with Gasteiger partial charge in [-0.25, -0.2) is 13.6 Å². The zero-order valence-corrected chi connectivity index (χ0v) is 12.2. The van der Waals surface area contributed by atoms with E-state index < -0.39 is 10.0 Å². The fourth-order valence-corrected chi connectivity index (χ4v) is 2.45. The molecule has 0 aromatic heterocycles. The van der Waals surface area contributed by atoms with Crippen molar-refractivity contribution in [1.82, 2.24) is 5.32 Å². The van der Waals surface area contributed by atoms with Crippen molar-refractivity contribution in [2.24, 2.45) is 11.1 Å². The standard InChI is InChI=1S/C13H18N2O4S/c1-3-19-12-5-4-9(20(14,17)18)7-10(12)13(16)15-11-6-8(11)2/h4-5,7-8,11H,3,6H2,1-2H3,(H,15,16)(H2,14,17,18). The van der Waals surface area contributed by atoms with Crippen molar-refractivity contribution < 1.29 is 17.9 Å². The largest absolute Gasteiger partial charge is 0.493 e. The second-order valence-corrected chi connectivity index (χ2v) is 6.49. The molecular weight excluding hydrogens is 280 g/mol. The highest BCUT2D eigenvalue weighted by Gasteiger charge is 2.34. The second kappa shape index (κ2) is 5.41. The number of rotatable bonds is 5. The Labute approximate surface area is 118 Å². The molecule has 2 atom stereocenters. The van der Waals surface area contributed by atoms with Gasteiger partial charge in [-0.05, 0) is 37.5 Å². The predicted molar refractivity (Wildman–Crippen MR) is 74.0 cm³/mol. The molecule has 1 fully saturated rings. The Morgan fingerprint density at radius 1 is 1.50 bits per heavy atom. The molecule has 1 amide bonds. The normalized spacial score (nSPS) is 21.4. The molecule has 7 heteroatoms. The first-order valence-corrected chi connectivity index (χ1v) is 7.98. The topological polar surface area (TPSA) is 98.5 Å². The number of carbonyl (C=O) groups excluding carboxylic acids is 1. The van der Waals surface area contributed by atoms with Gasteiger partial charge in [0, 0.05) is 6.04 Å². The Hall–Kier alpha value is -1.60. The highest BCUT2D eigenvalue weighted by molar-refractivity contribution is 7.89. The van der Waals surface area contributed by atoms with Crippen LogP contribution in [0.3, 0.4) is 0 Å². The van der Waals surface area contributed by atoms with E-state index in [1.165, 1.54) is 18.2 Å². The molecule has 1 aliphatic rings. The van der Waals surface area contributed by atoms with Crippen molar-refractivity contribution >= 4 is 15.9 Å². The maximum atomic E-state index is 12.2. The van der Waals surface area contributed by atoms with Gasteiger partial charge in [-0.1, -0.05) is 6.92 Å². The van der Waals surface area contributed by atoms with E-state index in [9.17, 15) is 13.2 Å². The van der Waals surface area contributed by atoms with Crippen LogP contribution in [0.4, 0.5) is 0 Å². The van der Waals surface area contributed by atoms with Crippen LogP contribution in [-0.4, -0.2) is 27.0 Å². The zero-order chi connectivity index (χ0) is 14.9.